The fraction of sp³-hybridized carbons (Fsp3) is 0.385. The maximum absolute atomic E-state index is 6.55. The van der Waals surface area contributed by atoms with Crippen molar-refractivity contribution in [3.05, 3.63) is 40.7 Å². The minimum Gasteiger partial charge on any atom is -0.0909 e. The molecular weight excluding hydrogens is 223 g/mol. The molecule has 1 aliphatic rings. The van der Waals surface area contributed by atoms with Crippen molar-refractivity contribution in [1.29, 1.82) is 0 Å². The summed E-state index contributed by atoms with van der Waals surface area (Å²) in [6.07, 6.45) is 3.32. The van der Waals surface area contributed by atoms with E-state index in [9.17, 15) is 0 Å². The summed E-state index contributed by atoms with van der Waals surface area (Å²) in [6, 6.07) is 8.56. The maximum Gasteiger partial charge on any atom is 0.0230 e. The highest BCUT2D eigenvalue weighted by molar-refractivity contribution is 7.88. The topological polar surface area (TPSA) is 0 Å². The predicted octanol–water partition coefficient (Wildman–Crippen LogP) is 5.02. The quantitative estimate of drug-likeness (QED) is 0.603. The van der Waals surface area contributed by atoms with Gasteiger partial charge in [0.1, 0.15) is 0 Å². The number of hydrogen-bond donors (Lipinski definition) is 0. The van der Waals surface area contributed by atoms with E-state index in [1.54, 1.807) is 0 Å². The molecule has 2 heteroatoms. The molecule has 0 N–H and O–H groups in total. The van der Waals surface area contributed by atoms with Crippen LogP contribution in [0, 0.1) is 0 Å². The highest BCUT2D eigenvalue weighted by atomic mass is 35.7. The smallest absolute Gasteiger partial charge is 0.0230 e. The van der Waals surface area contributed by atoms with Gasteiger partial charge in [0.2, 0.25) is 0 Å². The number of fused-ring (bicyclic) bond motifs is 1. The van der Waals surface area contributed by atoms with Gasteiger partial charge < -0.3 is 0 Å². The van der Waals surface area contributed by atoms with Crippen LogP contribution in [0.2, 0.25) is 0 Å². The van der Waals surface area contributed by atoms with Gasteiger partial charge in [0.25, 0.3) is 0 Å². The van der Waals surface area contributed by atoms with Crippen molar-refractivity contribution >= 4 is 24.6 Å². The van der Waals surface area contributed by atoms with E-state index < -0.39 is 7.27 Å². The molecule has 0 nitrogen and oxygen atoms in total. The Morgan fingerprint density at radius 3 is 2.47 bits per heavy atom. The van der Waals surface area contributed by atoms with E-state index in [-0.39, 0.29) is 5.16 Å². The summed E-state index contributed by atoms with van der Waals surface area (Å²) in [5.74, 6) is 0. The van der Waals surface area contributed by atoms with Crippen LogP contribution in [0.3, 0.4) is 0 Å². The van der Waals surface area contributed by atoms with Gasteiger partial charge in [-0.15, -0.1) is 0 Å². The van der Waals surface area contributed by atoms with Gasteiger partial charge in [-0.3, -0.25) is 0 Å². The molecule has 1 atom stereocenters. The van der Waals surface area contributed by atoms with Crippen LogP contribution in [-0.4, -0.2) is 5.16 Å². The summed E-state index contributed by atoms with van der Waals surface area (Å²) < 4.78 is 0. The van der Waals surface area contributed by atoms with E-state index in [0.29, 0.717) is 0 Å². The molecular formula is C13H16ClP. The Bertz CT molecular complexity index is 401. The highest BCUT2D eigenvalue weighted by Gasteiger charge is 2.28. The lowest BCUT2D eigenvalue weighted by Crippen LogP contribution is -2.09. The Kier molecular flexibility index (Phi) is 2.92. The first-order valence-corrected chi connectivity index (χ1v) is 7.47. The second kappa shape index (κ2) is 3.92. The molecule has 0 saturated carbocycles. The fourth-order valence-electron chi connectivity index (χ4n) is 1.82. The standard InChI is InChI=1S/C13H16ClP/c1-13(2,3)15(14)12-8-10-6-4-5-7-11(10)9-12/h4-8H,9H2,1-3H3. The number of hydrogen-bond acceptors (Lipinski definition) is 0. The number of halogens is 1. The SMILES string of the molecule is CC(C)(C)P(Cl)C1=Cc2ccccc2C1. The molecule has 0 bridgehead atoms. The van der Waals surface area contributed by atoms with Gasteiger partial charge in [0.15, 0.2) is 0 Å². The van der Waals surface area contributed by atoms with Gasteiger partial charge in [0, 0.05) is 7.27 Å². The van der Waals surface area contributed by atoms with Gasteiger partial charge >= 0.3 is 0 Å². The summed E-state index contributed by atoms with van der Waals surface area (Å²) in [7, 11) is -0.536. The third-order valence-electron chi connectivity index (χ3n) is 2.59. The van der Waals surface area contributed by atoms with Crippen LogP contribution >= 0.6 is 18.5 Å². The van der Waals surface area contributed by atoms with Gasteiger partial charge in [0.05, 0.1) is 0 Å². The Labute approximate surface area is 97.9 Å². The van der Waals surface area contributed by atoms with Crippen molar-refractivity contribution in [3.63, 3.8) is 0 Å². The summed E-state index contributed by atoms with van der Waals surface area (Å²) >= 11 is 6.55. The molecule has 0 fully saturated rings. The number of allylic oxidation sites excluding steroid dienone is 1. The van der Waals surface area contributed by atoms with E-state index in [1.165, 1.54) is 16.4 Å². The average molecular weight is 239 g/mol. The molecule has 80 valence electrons. The Balaban J connectivity index is 2.25. The summed E-state index contributed by atoms with van der Waals surface area (Å²) in [4.78, 5) is 0. The molecule has 1 aromatic carbocycles. The van der Waals surface area contributed by atoms with Crippen LogP contribution in [0.4, 0.5) is 0 Å². The molecule has 0 amide bonds. The second-order valence-electron chi connectivity index (χ2n) is 4.96. The lowest BCUT2D eigenvalue weighted by molar-refractivity contribution is 0.793. The first-order chi connectivity index (χ1) is 6.98. The van der Waals surface area contributed by atoms with Crippen molar-refractivity contribution in [3.8, 4) is 0 Å². The first kappa shape index (κ1) is 11.2. The summed E-state index contributed by atoms with van der Waals surface area (Å²) in [5.41, 5.74) is 2.77. The molecule has 1 aromatic rings. The summed E-state index contributed by atoms with van der Waals surface area (Å²) in [6.45, 7) is 6.65. The lowest BCUT2D eigenvalue weighted by Gasteiger charge is -2.26. The van der Waals surface area contributed by atoms with Crippen molar-refractivity contribution < 1.29 is 0 Å². The molecule has 0 aromatic heterocycles. The Hall–Kier alpha value is -0.320. The third-order valence-corrected chi connectivity index (χ3v) is 6.73. The normalized spacial score (nSPS) is 17.2. The largest absolute Gasteiger partial charge is 0.0909 e. The maximum atomic E-state index is 6.55. The number of rotatable bonds is 1. The van der Waals surface area contributed by atoms with Crippen LogP contribution in [-0.2, 0) is 6.42 Å². The summed E-state index contributed by atoms with van der Waals surface area (Å²) in [5, 5.41) is 1.62. The van der Waals surface area contributed by atoms with E-state index in [4.69, 9.17) is 11.2 Å². The molecule has 15 heavy (non-hydrogen) atoms. The van der Waals surface area contributed by atoms with Crippen LogP contribution < -0.4 is 0 Å². The Morgan fingerprint density at radius 2 is 1.87 bits per heavy atom. The number of benzene rings is 1. The predicted molar refractivity (Wildman–Crippen MR) is 70.6 cm³/mol. The fourth-order valence-corrected chi connectivity index (χ4v) is 3.57. The monoisotopic (exact) mass is 238 g/mol. The van der Waals surface area contributed by atoms with Crippen LogP contribution in [0.5, 0.6) is 0 Å². The Morgan fingerprint density at radius 1 is 1.20 bits per heavy atom. The van der Waals surface area contributed by atoms with Gasteiger partial charge in [-0.1, -0.05) is 56.3 Å². The average Bonchev–Trinajstić information content (AvgIpc) is 2.58. The molecule has 0 saturated heterocycles. The minimum atomic E-state index is -0.536. The van der Waals surface area contributed by atoms with Gasteiger partial charge in [-0.05, 0) is 34.1 Å². The van der Waals surface area contributed by atoms with Crippen LogP contribution in [0.25, 0.3) is 6.08 Å². The van der Waals surface area contributed by atoms with E-state index in [0.717, 1.165) is 6.42 Å². The van der Waals surface area contributed by atoms with E-state index >= 15 is 0 Å². The molecule has 0 heterocycles. The van der Waals surface area contributed by atoms with Crippen molar-refractivity contribution in [2.24, 2.45) is 0 Å². The van der Waals surface area contributed by atoms with Crippen molar-refractivity contribution in [2.45, 2.75) is 32.3 Å². The zero-order chi connectivity index (χ0) is 11.1. The molecule has 0 aliphatic heterocycles. The van der Waals surface area contributed by atoms with Crippen LogP contribution in [0.1, 0.15) is 31.9 Å². The van der Waals surface area contributed by atoms with E-state index in [1.807, 2.05) is 0 Å². The second-order valence-corrected chi connectivity index (χ2v) is 8.45. The zero-order valence-electron chi connectivity index (χ0n) is 9.42. The first-order valence-electron chi connectivity index (χ1n) is 5.23. The molecule has 2 rings (SSSR count). The van der Waals surface area contributed by atoms with Crippen molar-refractivity contribution in [2.75, 3.05) is 0 Å². The van der Waals surface area contributed by atoms with Crippen LogP contribution in [0.15, 0.2) is 29.6 Å². The molecule has 0 spiro atoms. The zero-order valence-corrected chi connectivity index (χ0v) is 11.1. The minimum absolute atomic E-state index is 0.199. The highest BCUT2D eigenvalue weighted by Crippen LogP contribution is 2.62. The van der Waals surface area contributed by atoms with E-state index in [2.05, 4.69) is 51.1 Å². The lowest BCUT2D eigenvalue weighted by atomic mass is 10.1. The molecule has 1 aliphatic carbocycles. The van der Waals surface area contributed by atoms with Gasteiger partial charge in [-0.2, -0.15) is 0 Å². The molecule has 1 unspecified atom stereocenters. The third kappa shape index (κ3) is 2.27. The molecule has 0 radical (unpaired) electrons. The van der Waals surface area contributed by atoms with Crippen molar-refractivity contribution in [1.82, 2.24) is 0 Å². The van der Waals surface area contributed by atoms with Gasteiger partial charge in [-0.25, -0.2) is 0 Å².